The topological polar surface area (TPSA) is 60.0 Å². The van der Waals surface area contributed by atoms with Gasteiger partial charge in [0.1, 0.15) is 18.5 Å². The minimum absolute atomic E-state index is 0.0557. The van der Waals surface area contributed by atoms with E-state index in [4.69, 9.17) is 14.2 Å². The number of nitrogens with one attached hydrogen (secondary N) is 1. The monoisotopic (exact) mass is 428 g/mol. The van der Waals surface area contributed by atoms with Crippen molar-refractivity contribution in [1.82, 2.24) is 10.2 Å². The van der Waals surface area contributed by atoms with Gasteiger partial charge >= 0.3 is 0 Å². The lowest BCUT2D eigenvalue weighted by atomic mass is 9.82. The highest BCUT2D eigenvalue weighted by molar-refractivity contribution is 5.81. The Hall–Kier alpha value is -1.63. The van der Waals surface area contributed by atoms with Crippen LogP contribution in [-0.2, 0) is 14.3 Å². The molecule has 6 rings (SSSR count). The summed E-state index contributed by atoms with van der Waals surface area (Å²) in [4.78, 5) is 15.2. The summed E-state index contributed by atoms with van der Waals surface area (Å²) in [7, 11) is 0. The summed E-state index contributed by atoms with van der Waals surface area (Å²) in [6, 6.07) is 8.87. The van der Waals surface area contributed by atoms with Crippen LogP contribution in [0.15, 0.2) is 24.3 Å². The van der Waals surface area contributed by atoms with E-state index in [0.29, 0.717) is 31.8 Å². The van der Waals surface area contributed by atoms with Gasteiger partial charge in [-0.05, 0) is 68.9 Å². The predicted octanol–water partition coefficient (Wildman–Crippen LogP) is 3.25. The minimum Gasteiger partial charge on any atom is -0.492 e. The SMILES string of the molecule is O=C(N[C@H]1CCN2CCOc3ccccc3C3CCC(CC3)OCC12)C1CCCCO1. The molecule has 4 heterocycles. The summed E-state index contributed by atoms with van der Waals surface area (Å²) >= 11 is 0. The molecule has 1 aliphatic carbocycles. The van der Waals surface area contributed by atoms with E-state index >= 15 is 0 Å². The van der Waals surface area contributed by atoms with Crippen molar-refractivity contribution in [1.29, 1.82) is 0 Å². The Bertz CT molecular complexity index is 743. The Labute approximate surface area is 185 Å². The molecule has 3 fully saturated rings. The molecule has 2 bridgehead atoms. The molecule has 5 aliphatic rings. The number of rotatable bonds is 2. The Balaban J connectivity index is 1.28. The number of hydrogen-bond acceptors (Lipinski definition) is 5. The fourth-order valence-electron chi connectivity index (χ4n) is 5.81. The maximum absolute atomic E-state index is 12.8. The first-order valence-corrected chi connectivity index (χ1v) is 12.3. The van der Waals surface area contributed by atoms with Crippen molar-refractivity contribution in [3.63, 3.8) is 0 Å². The van der Waals surface area contributed by atoms with Crippen molar-refractivity contribution < 1.29 is 19.0 Å². The molecule has 2 unspecified atom stereocenters. The Morgan fingerprint density at radius 1 is 0.935 bits per heavy atom. The molecule has 3 atom stereocenters. The van der Waals surface area contributed by atoms with Gasteiger partial charge in [-0.15, -0.1) is 0 Å². The number of ether oxygens (including phenoxy) is 3. The van der Waals surface area contributed by atoms with Gasteiger partial charge in [-0.2, -0.15) is 0 Å². The van der Waals surface area contributed by atoms with Gasteiger partial charge < -0.3 is 19.5 Å². The number of hydrogen-bond donors (Lipinski definition) is 1. The molecule has 31 heavy (non-hydrogen) atoms. The van der Waals surface area contributed by atoms with Crippen LogP contribution in [-0.4, -0.2) is 68.0 Å². The van der Waals surface area contributed by atoms with E-state index < -0.39 is 0 Å². The number of fused-ring (bicyclic) bond motifs is 5. The van der Waals surface area contributed by atoms with E-state index in [0.717, 1.165) is 70.2 Å². The van der Waals surface area contributed by atoms with Crippen molar-refractivity contribution in [2.75, 3.05) is 32.9 Å². The first-order chi connectivity index (χ1) is 15.3. The van der Waals surface area contributed by atoms with Crippen molar-refractivity contribution in [2.24, 2.45) is 0 Å². The van der Waals surface area contributed by atoms with E-state index in [9.17, 15) is 4.79 Å². The van der Waals surface area contributed by atoms with Gasteiger partial charge in [0.15, 0.2) is 0 Å². The molecule has 1 aromatic rings. The van der Waals surface area contributed by atoms with E-state index in [-0.39, 0.29) is 24.1 Å². The van der Waals surface area contributed by atoms with Gasteiger partial charge in [-0.25, -0.2) is 0 Å². The number of benzene rings is 1. The number of amides is 1. The molecule has 1 saturated carbocycles. The van der Waals surface area contributed by atoms with E-state index in [1.165, 1.54) is 5.56 Å². The van der Waals surface area contributed by atoms with Crippen LogP contribution in [0.2, 0.25) is 0 Å². The average Bonchev–Trinajstić information content (AvgIpc) is 3.20. The zero-order valence-corrected chi connectivity index (χ0v) is 18.5. The molecule has 0 radical (unpaired) electrons. The molecule has 4 aliphatic heterocycles. The molecule has 1 amide bonds. The normalized spacial score (nSPS) is 34.4. The Morgan fingerprint density at radius 2 is 1.81 bits per heavy atom. The summed E-state index contributed by atoms with van der Waals surface area (Å²) in [5.74, 6) is 1.67. The molecule has 0 aromatic heterocycles. The van der Waals surface area contributed by atoms with E-state index in [1.807, 2.05) is 0 Å². The highest BCUT2D eigenvalue weighted by Gasteiger charge is 2.38. The maximum atomic E-state index is 12.8. The lowest BCUT2D eigenvalue weighted by Gasteiger charge is -2.33. The first kappa shape index (κ1) is 21.2. The summed E-state index contributed by atoms with van der Waals surface area (Å²) in [6.45, 7) is 3.85. The van der Waals surface area contributed by atoms with Crippen LogP contribution in [0.3, 0.4) is 0 Å². The number of para-hydroxylation sites is 1. The third-order valence-electron chi connectivity index (χ3n) is 7.63. The summed E-state index contributed by atoms with van der Waals surface area (Å²) in [6.07, 6.45) is 8.45. The van der Waals surface area contributed by atoms with Crippen molar-refractivity contribution >= 4 is 5.91 Å². The molecule has 0 spiro atoms. The van der Waals surface area contributed by atoms with Crippen LogP contribution in [0, 0.1) is 0 Å². The fourth-order valence-corrected chi connectivity index (χ4v) is 5.81. The fraction of sp³-hybridized carbons (Fsp3) is 0.720. The Kier molecular flexibility index (Phi) is 6.77. The second-order valence-electron chi connectivity index (χ2n) is 9.56. The number of carbonyl (C=O) groups is 1. The lowest BCUT2D eigenvalue weighted by Crippen LogP contribution is -2.51. The van der Waals surface area contributed by atoms with Crippen molar-refractivity contribution in [3.8, 4) is 5.75 Å². The summed E-state index contributed by atoms with van der Waals surface area (Å²) in [5.41, 5.74) is 1.36. The second-order valence-corrected chi connectivity index (χ2v) is 9.56. The van der Waals surface area contributed by atoms with Gasteiger partial charge in [-0.3, -0.25) is 9.69 Å². The molecule has 2 saturated heterocycles. The van der Waals surface area contributed by atoms with Gasteiger partial charge in [0, 0.05) is 25.7 Å². The summed E-state index contributed by atoms with van der Waals surface area (Å²) in [5, 5.41) is 3.30. The minimum atomic E-state index is -0.284. The standard InChI is InChI=1S/C25H36N2O4/c28-25(24-7-3-4-15-29-24)26-21-12-13-27-14-16-30-23-6-2-1-5-20(23)18-8-10-19(11-9-18)31-17-22(21)27/h1-2,5-6,18-19,21-22,24H,3-4,7-17H2,(H,26,28)/t18?,19?,21-,22?,24?/m0/s1. The molecule has 1 N–H and O–H groups in total. The largest absolute Gasteiger partial charge is 0.492 e. The third kappa shape index (κ3) is 4.91. The smallest absolute Gasteiger partial charge is 0.249 e. The van der Waals surface area contributed by atoms with Crippen LogP contribution >= 0.6 is 0 Å². The zero-order valence-electron chi connectivity index (χ0n) is 18.5. The first-order valence-electron chi connectivity index (χ1n) is 12.3. The molecule has 6 heteroatoms. The van der Waals surface area contributed by atoms with Crippen molar-refractivity contribution in [3.05, 3.63) is 29.8 Å². The zero-order chi connectivity index (χ0) is 21.0. The average molecular weight is 429 g/mol. The van der Waals surface area contributed by atoms with Crippen LogP contribution in [0.5, 0.6) is 5.75 Å². The van der Waals surface area contributed by atoms with Crippen LogP contribution in [0.4, 0.5) is 0 Å². The summed E-state index contributed by atoms with van der Waals surface area (Å²) < 4.78 is 18.4. The van der Waals surface area contributed by atoms with Gasteiger partial charge in [-0.1, -0.05) is 18.2 Å². The maximum Gasteiger partial charge on any atom is 0.249 e. The van der Waals surface area contributed by atoms with E-state index in [1.54, 1.807) is 0 Å². The van der Waals surface area contributed by atoms with Crippen LogP contribution in [0.25, 0.3) is 0 Å². The number of carbonyl (C=O) groups excluding carboxylic acids is 1. The lowest BCUT2D eigenvalue weighted by molar-refractivity contribution is -0.136. The number of nitrogens with zero attached hydrogens (tertiary/aromatic N) is 1. The van der Waals surface area contributed by atoms with Gasteiger partial charge in [0.05, 0.1) is 18.8 Å². The Morgan fingerprint density at radius 3 is 2.65 bits per heavy atom. The third-order valence-corrected chi connectivity index (χ3v) is 7.63. The second kappa shape index (κ2) is 9.88. The van der Waals surface area contributed by atoms with Gasteiger partial charge in [0.25, 0.3) is 0 Å². The van der Waals surface area contributed by atoms with Gasteiger partial charge in [0.2, 0.25) is 5.91 Å². The molecule has 6 nitrogen and oxygen atoms in total. The quantitative estimate of drug-likeness (QED) is 0.784. The van der Waals surface area contributed by atoms with Crippen LogP contribution in [0.1, 0.15) is 62.8 Å². The highest BCUT2D eigenvalue weighted by Crippen LogP contribution is 2.38. The molecule has 1 aromatic carbocycles. The van der Waals surface area contributed by atoms with E-state index in [2.05, 4.69) is 34.5 Å². The highest BCUT2D eigenvalue weighted by atomic mass is 16.5. The van der Waals surface area contributed by atoms with Crippen LogP contribution < -0.4 is 10.1 Å². The van der Waals surface area contributed by atoms with Crippen molar-refractivity contribution in [2.45, 2.75) is 81.6 Å². The predicted molar refractivity (Wildman–Crippen MR) is 118 cm³/mol. The molecular weight excluding hydrogens is 392 g/mol. The molecular formula is C25H36N2O4. The molecule has 170 valence electrons.